The number of aryl methyl sites for hydroxylation is 1. The van der Waals surface area contributed by atoms with Crippen molar-refractivity contribution >= 4 is 10.9 Å². The number of fused-ring (bicyclic) bond motifs is 1. The molecule has 4 aromatic rings. The largest absolute Gasteiger partial charge is 0.493 e. The van der Waals surface area contributed by atoms with Gasteiger partial charge in [0.25, 0.3) is 0 Å². The van der Waals surface area contributed by atoms with E-state index < -0.39 is 0 Å². The number of rotatable bonds is 4. The molecule has 0 N–H and O–H groups in total. The zero-order chi connectivity index (χ0) is 18.8. The number of aromatic nitrogens is 1. The zero-order valence-corrected chi connectivity index (χ0v) is 15.7. The lowest BCUT2D eigenvalue weighted by Gasteiger charge is -2.13. The van der Waals surface area contributed by atoms with Crippen LogP contribution >= 0.6 is 0 Å². The lowest BCUT2D eigenvalue weighted by atomic mass is 9.94. The fourth-order valence-corrected chi connectivity index (χ4v) is 3.38. The Balaban J connectivity index is 1.97. The molecule has 0 amide bonds. The summed E-state index contributed by atoms with van der Waals surface area (Å²) < 4.78 is 10.8. The third-order valence-corrected chi connectivity index (χ3v) is 4.75. The standard InChI is InChI=1S/C24H21NO2/c1-16-9-11-20-21(17-7-5-4-6-8-17)13-19(14-22(20)25-16)18-10-12-23(26-2)24(15-18)27-3/h4-15H,1-3H3. The van der Waals surface area contributed by atoms with E-state index in [1.165, 1.54) is 11.1 Å². The Morgan fingerprint density at radius 3 is 2.19 bits per heavy atom. The summed E-state index contributed by atoms with van der Waals surface area (Å²) in [6.45, 7) is 2.02. The molecule has 0 atom stereocenters. The summed E-state index contributed by atoms with van der Waals surface area (Å²) in [5, 5.41) is 1.15. The van der Waals surface area contributed by atoms with Crippen molar-refractivity contribution in [2.45, 2.75) is 6.92 Å². The first-order chi connectivity index (χ1) is 13.2. The van der Waals surface area contributed by atoms with Crippen LogP contribution < -0.4 is 9.47 Å². The third-order valence-electron chi connectivity index (χ3n) is 4.75. The highest BCUT2D eigenvalue weighted by molar-refractivity contribution is 5.98. The summed E-state index contributed by atoms with van der Waals surface area (Å²) in [5.74, 6) is 1.44. The Morgan fingerprint density at radius 2 is 1.44 bits per heavy atom. The van der Waals surface area contributed by atoms with Crippen LogP contribution in [0.5, 0.6) is 11.5 Å². The first-order valence-corrected chi connectivity index (χ1v) is 8.89. The van der Waals surface area contributed by atoms with Crippen molar-refractivity contribution in [1.82, 2.24) is 4.98 Å². The fraction of sp³-hybridized carbons (Fsp3) is 0.125. The molecule has 0 fully saturated rings. The molecular formula is C24H21NO2. The van der Waals surface area contributed by atoms with Gasteiger partial charge >= 0.3 is 0 Å². The predicted molar refractivity (Wildman–Crippen MR) is 110 cm³/mol. The first-order valence-electron chi connectivity index (χ1n) is 8.89. The fourth-order valence-electron chi connectivity index (χ4n) is 3.38. The summed E-state index contributed by atoms with van der Waals surface area (Å²) >= 11 is 0. The van der Waals surface area contributed by atoms with Crippen LogP contribution in [0.15, 0.2) is 72.8 Å². The Bertz CT molecular complexity index is 1100. The Morgan fingerprint density at radius 1 is 0.667 bits per heavy atom. The Kier molecular flexibility index (Phi) is 4.51. The van der Waals surface area contributed by atoms with E-state index in [0.717, 1.165) is 33.5 Å². The number of ether oxygens (including phenoxy) is 2. The van der Waals surface area contributed by atoms with E-state index in [1.54, 1.807) is 14.2 Å². The van der Waals surface area contributed by atoms with Gasteiger partial charge in [0.05, 0.1) is 19.7 Å². The number of hydrogen-bond acceptors (Lipinski definition) is 3. The van der Waals surface area contributed by atoms with E-state index in [4.69, 9.17) is 14.5 Å². The van der Waals surface area contributed by atoms with Gasteiger partial charge in [0.2, 0.25) is 0 Å². The van der Waals surface area contributed by atoms with Crippen LogP contribution in [0.2, 0.25) is 0 Å². The van der Waals surface area contributed by atoms with Crippen LogP contribution in [0.1, 0.15) is 5.69 Å². The second kappa shape index (κ2) is 7.12. The highest BCUT2D eigenvalue weighted by Crippen LogP contribution is 2.37. The molecule has 1 aromatic heterocycles. The average Bonchev–Trinajstić information content (AvgIpc) is 2.72. The molecule has 27 heavy (non-hydrogen) atoms. The van der Waals surface area contributed by atoms with Gasteiger partial charge in [-0.3, -0.25) is 4.98 Å². The molecule has 0 aliphatic rings. The van der Waals surface area contributed by atoms with Gasteiger partial charge in [-0.25, -0.2) is 0 Å². The van der Waals surface area contributed by atoms with Crippen molar-refractivity contribution in [3.05, 3.63) is 78.5 Å². The maximum Gasteiger partial charge on any atom is 0.161 e. The lowest BCUT2D eigenvalue weighted by Crippen LogP contribution is -1.92. The van der Waals surface area contributed by atoms with E-state index in [0.29, 0.717) is 5.75 Å². The molecule has 0 saturated carbocycles. The summed E-state index contributed by atoms with van der Waals surface area (Å²) in [6.07, 6.45) is 0. The number of hydrogen-bond donors (Lipinski definition) is 0. The van der Waals surface area contributed by atoms with Crippen LogP contribution in [0.3, 0.4) is 0 Å². The van der Waals surface area contributed by atoms with Crippen LogP contribution in [-0.4, -0.2) is 19.2 Å². The van der Waals surface area contributed by atoms with Gasteiger partial charge in [-0.05, 0) is 59.5 Å². The molecule has 0 bridgehead atoms. The molecule has 4 rings (SSSR count). The average molecular weight is 355 g/mol. The zero-order valence-electron chi connectivity index (χ0n) is 15.7. The lowest BCUT2D eigenvalue weighted by molar-refractivity contribution is 0.355. The molecule has 0 aliphatic carbocycles. The van der Waals surface area contributed by atoms with Gasteiger partial charge in [0.1, 0.15) is 0 Å². The minimum atomic E-state index is 0.716. The number of nitrogens with zero attached hydrogens (tertiary/aromatic N) is 1. The normalized spacial score (nSPS) is 10.8. The quantitative estimate of drug-likeness (QED) is 0.457. The predicted octanol–water partition coefficient (Wildman–Crippen LogP) is 5.89. The van der Waals surface area contributed by atoms with Crippen LogP contribution in [0, 0.1) is 6.92 Å². The van der Waals surface area contributed by atoms with Crippen molar-refractivity contribution in [2.24, 2.45) is 0 Å². The minimum absolute atomic E-state index is 0.716. The second-order valence-electron chi connectivity index (χ2n) is 6.48. The van der Waals surface area contributed by atoms with Crippen molar-refractivity contribution in [2.75, 3.05) is 14.2 Å². The second-order valence-corrected chi connectivity index (χ2v) is 6.48. The monoisotopic (exact) mass is 355 g/mol. The Hall–Kier alpha value is -3.33. The molecular weight excluding hydrogens is 334 g/mol. The molecule has 0 unspecified atom stereocenters. The molecule has 0 saturated heterocycles. The van der Waals surface area contributed by atoms with Gasteiger partial charge in [0.15, 0.2) is 11.5 Å². The van der Waals surface area contributed by atoms with Crippen molar-refractivity contribution in [3.63, 3.8) is 0 Å². The summed E-state index contributed by atoms with van der Waals surface area (Å²) in [5.41, 5.74) is 6.50. The van der Waals surface area contributed by atoms with Gasteiger partial charge in [-0.1, -0.05) is 42.5 Å². The van der Waals surface area contributed by atoms with Crippen LogP contribution in [-0.2, 0) is 0 Å². The van der Waals surface area contributed by atoms with Gasteiger partial charge in [0, 0.05) is 11.1 Å². The molecule has 0 spiro atoms. The maximum absolute atomic E-state index is 5.48. The molecule has 134 valence electrons. The topological polar surface area (TPSA) is 31.4 Å². The molecule has 1 heterocycles. The summed E-state index contributed by atoms with van der Waals surface area (Å²) in [6, 6.07) is 25.0. The number of methoxy groups -OCH3 is 2. The van der Waals surface area contributed by atoms with Gasteiger partial charge in [-0.2, -0.15) is 0 Å². The molecule has 3 heteroatoms. The Labute approximate surface area is 159 Å². The van der Waals surface area contributed by atoms with Crippen molar-refractivity contribution in [3.8, 4) is 33.8 Å². The highest BCUT2D eigenvalue weighted by Gasteiger charge is 2.11. The van der Waals surface area contributed by atoms with Crippen LogP contribution in [0.4, 0.5) is 0 Å². The smallest absolute Gasteiger partial charge is 0.161 e. The molecule has 0 radical (unpaired) electrons. The molecule has 3 aromatic carbocycles. The minimum Gasteiger partial charge on any atom is -0.493 e. The number of pyridine rings is 1. The molecule has 3 nitrogen and oxygen atoms in total. The number of benzene rings is 3. The van der Waals surface area contributed by atoms with Gasteiger partial charge < -0.3 is 9.47 Å². The summed E-state index contributed by atoms with van der Waals surface area (Å²) in [7, 11) is 3.30. The van der Waals surface area contributed by atoms with E-state index in [-0.39, 0.29) is 0 Å². The first kappa shape index (κ1) is 17.1. The van der Waals surface area contributed by atoms with Crippen LogP contribution in [0.25, 0.3) is 33.2 Å². The van der Waals surface area contributed by atoms with E-state index in [1.807, 2.05) is 31.2 Å². The van der Waals surface area contributed by atoms with E-state index >= 15 is 0 Å². The maximum atomic E-state index is 5.48. The third kappa shape index (κ3) is 3.24. The van der Waals surface area contributed by atoms with E-state index in [9.17, 15) is 0 Å². The highest BCUT2D eigenvalue weighted by atomic mass is 16.5. The SMILES string of the molecule is COc1ccc(-c2cc(-c3ccccc3)c3ccc(C)nc3c2)cc1OC. The van der Waals surface area contributed by atoms with Crippen molar-refractivity contribution < 1.29 is 9.47 Å². The summed E-state index contributed by atoms with van der Waals surface area (Å²) in [4.78, 5) is 4.77. The van der Waals surface area contributed by atoms with Crippen molar-refractivity contribution in [1.29, 1.82) is 0 Å². The molecule has 0 aliphatic heterocycles. The van der Waals surface area contributed by atoms with E-state index in [2.05, 4.69) is 48.5 Å². The van der Waals surface area contributed by atoms with Gasteiger partial charge in [-0.15, -0.1) is 0 Å².